The summed E-state index contributed by atoms with van der Waals surface area (Å²) in [4.78, 5) is 44.9. The summed E-state index contributed by atoms with van der Waals surface area (Å²) in [6.45, 7) is 9.29. The molecule has 4 aromatic carbocycles. The van der Waals surface area contributed by atoms with Gasteiger partial charge in [0.25, 0.3) is 0 Å². The lowest BCUT2D eigenvalue weighted by Crippen LogP contribution is -2.05. The van der Waals surface area contributed by atoms with E-state index in [-0.39, 0.29) is 11.5 Å². The highest BCUT2D eigenvalue weighted by atomic mass is 32.2. The van der Waals surface area contributed by atoms with E-state index in [0.29, 0.717) is 44.1 Å². The molecule has 0 spiro atoms. The Bertz CT molecular complexity index is 1710. The number of thiol groups is 1. The van der Waals surface area contributed by atoms with E-state index in [9.17, 15) is 19.2 Å². The van der Waals surface area contributed by atoms with E-state index in [1.54, 1.807) is 87.1 Å². The number of ether oxygens (including phenoxy) is 1. The molecule has 0 heterocycles. The molecule has 0 unspecified atom stereocenters. The molecule has 0 atom stereocenters. The van der Waals surface area contributed by atoms with Gasteiger partial charge in [0.2, 0.25) is 0 Å². The van der Waals surface area contributed by atoms with Gasteiger partial charge in [-0.2, -0.15) is 0 Å². The van der Waals surface area contributed by atoms with Crippen molar-refractivity contribution in [1.29, 1.82) is 0 Å². The van der Waals surface area contributed by atoms with Crippen LogP contribution in [0.1, 0.15) is 89.9 Å². The summed E-state index contributed by atoms with van der Waals surface area (Å²) in [5.74, 6) is -1.96. The number of carbonyl (C=O) groups is 4. The second-order valence-electron chi connectivity index (χ2n) is 10.9. The number of benzene rings is 4. The van der Waals surface area contributed by atoms with Crippen LogP contribution in [-0.2, 0) is 4.74 Å². The Morgan fingerprint density at radius 3 is 1.50 bits per heavy atom. The largest absolute Gasteiger partial charge is 0.478 e. The zero-order valence-corrected chi connectivity index (χ0v) is 30.9. The van der Waals surface area contributed by atoms with Crippen molar-refractivity contribution in [2.24, 2.45) is 0 Å². The van der Waals surface area contributed by atoms with Crippen LogP contribution in [0.25, 0.3) is 0 Å². The molecule has 0 amide bonds. The zero-order chi connectivity index (χ0) is 38.0. The van der Waals surface area contributed by atoms with Crippen molar-refractivity contribution in [3.63, 3.8) is 0 Å². The number of hydrogen-bond acceptors (Lipinski definition) is 9. The number of carboxylic acids is 3. The average molecular weight is 723 g/mol. The summed E-state index contributed by atoms with van der Waals surface area (Å²) in [6, 6.07) is 20.5. The Labute approximate surface area is 303 Å². The van der Waals surface area contributed by atoms with Crippen molar-refractivity contribution in [2.45, 2.75) is 63.7 Å². The van der Waals surface area contributed by atoms with Gasteiger partial charge in [-0.25, -0.2) is 19.2 Å². The lowest BCUT2D eigenvalue weighted by atomic mass is 10.1. The first-order valence-corrected chi connectivity index (χ1v) is 17.0. The highest BCUT2D eigenvalue weighted by Crippen LogP contribution is 2.26. The van der Waals surface area contributed by atoms with Crippen molar-refractivity contribution in [2.75, 3.05) is 24.3 Å². The van der Waals surface area contributed by atoms with E-state index in [1.807, 2.05) is 19.1 Å². The number of carboxylic acid groups (broad SMARTS) is 3. The van der Waals surface area contributed by atoms with Crippen molar-refractivity contribution in [3.8, 4) is 0 Å². The SMILES string of the molecule is CCCCCSc1cccc(C(=O)O)c1C.COC(=O)c1cccc(N)c1C.Cc1c(N)cccc1C(=O)O.Cc1c(S)cccc1C(=O)O. The number of methoxy groups -OCH3 is 1. The maximum Gasteiger partial charge on any atom is 0.338 e. The minimum Gasteiger partial charge on any atom is -0.478 e. The smallest absolute Gasteiger partial charge is 0.338 e. The molecule has 0 saturated carbocycles. The molecule has 4 rings (SSSR count). The predicted octanol–water partition coefficient (Wildman–Crippen LogP) is 8.60. The van der Waals surface area contributed by atoms with Gasteiger partial charge in [0.15, 0.2) is 0 Å². The molecule has 12 heteroatoms. The van der Waals surface area contributed by atoms with E-state index in [4.69, 9.17) is 26.8 Å². The van der Waals surface area contributed by atoms with Crippen molar-refractivity contribution >= 4 is 59.6 Å². The minimum atomic E-state index is -0.935. The highest BCUT2D eigenvalue weighted by Gasteiger charge is 2.11. The van der Waals surface area contributed by atoms with Gasteiger partial charge in [-0.05, 0) is 111 Å². The summed E-state index contributed by atoms with van der Waals surface area (Å²) in [6.07, 6.45) is 3.65. The quantitative estimate of drug-likeness (QED) is 0.0319. The first-order valence-electron chi connectivity index (χ1n) is 15.6. The standard InChI is InChI=1S/C13H18O2S.C9H11NO2.C8H9NO2.C8H8O2S/c1-3-4-5-9-16-12-8-6-7-11(10(12)2)13(14)15;1-6-7(9(11)12-2)4-3-5-8(6)10;1-5-6(8(10)11)3-2-4-7(5)9;1-5-6(8(9)10)3-2-4-7(5)11/h6-8H,3-5,9H2,1-2H3,(H,14,15);3-5H,10H2,1-2H3;2-4H,9H2,1H3,(H,10,11);2-4,11H,1H3,(H,9,10). The Balaban J connectivity index is 0.000000338. The summed E-state index contributed by atoms with van der Waals surface area (Å²) >= 11 is 5.85. The number of hydrogen-bond donors (Lipinski definition) is 6. The fourth-order valence-electron chi connectivity index (χ4n) is 4.26. The predicted molar refractivity (Wildman–Crippen MR) is 203 cm³/mol. The van der Waals surface area contributed by atoms with E-state index >= 15 is 0 Å². The van der Waals surface area contributed by atoms with Crippen molar-refractivity contribution < 1.29 is 39.2 Å². The van der Waals surface area contributed by atoms with Crippen LogP contribution < -0.4 is 11.5 Å². The lowest BCUT2D eigenvalue weighted by molar-refractivity contribution is 0.0597. The molecular weight excluding hydrogens is 677 g/mol. The lowest BCUT2D eigenvalue weighted by Gasteiger charge is -2.07. The Morgan fingerprint density at radius 1 is 0.640 bits per heavy atom. The number of unbranched alkanes of at least 4 members (excludes halogenated alkanes) is 2. The molecule has 0 bridgehead atoms. The summed E-state index contributed by atoms with van der Waals surface area (Å²) in [5, 5.41) is 26.3. The number of anilines is 2. The molecular formula is C38H46N2O8S2. The third-order valence-corrected chi connectivity index (χ3v) is 9.17. The fraction of sp³-hybridized carbons (Fsp3) is 0.263. The van der Waals surface area contributed by atoms with Crippen LogP contribution >= 0.6 is 24.4 Å². The van der Waals surface area contributed by atoms with E-state index in [2.05, 4.69) is 24.3 Å². The number of nitrogens with two attached hydrogens (primary N) is 2. The van der Waals surface area contributed by atoms with Gasteiger partial charge in [0, 0.05) is 21.2 Å². The van der Waals surface area contributed by atoms with Crippen molar-refractivity contribution in [3.05, 3.63) is 117 Å². The third-order valence-electron chi connectivity index (χ3n) is 7.44. The minimum absolute atomic E-state index is 0.269. The molecule has 0 aliphatic rings. The summed E-state index contributed by atoms with van der Waals surface area (Å²) < 4.78 is 4.58. The number of thioether (sulfide) groups is 1. The number of nitrogen functional groups attached to an aromatic ring is 2. The molecule has 7 N–H and O–H groups in total. The fourth-order valence-corrected chi connectivity index (χ4v) is 5.54. The normalized spacial score (nSPS) is 9.82. The van der Waals surface area contributed by atoms with Crippen LogP contribution in [0.15, 0.2) is 82.6 Å². The van der Waals surface area contributed by atoms with Gasteiger partial charge in [0.1, 0.15) is 0 Å². The molecule has 0 saturated heterocycles. The van der Waals surface area contributed by atoms with E-state index < -0.39 is 17.9 Å². The molecule has 0 radical (unpaired) electrons. The van der Waals surface area contributed by atoms with Crippen molar-refractivity contribution in [1.82, 2.24) is 0 Å². The van der Waals surface area contributed by atoms with Crippen LogP contribution in [-0.4, -0.2) is 52.1 Å². The van der Waals surface area contributed by atoms with Crippen LogP contribution in [0.3, 0.4) is 0 Å². The molecule has 4 aromatic rings. The molecule has 268 valence electrons. The first kappa shape index (κ1) is 43.1. The summed E-state index contributed by atoms with van der Waals surface area (Å²) in [5.41, 5.74) is 16.7. The molecule has 50 heavy (non-hydrogen) atoms. The molecule has 0 aromatic heterocycles. The van der Waals surface area contributed by atoms with Gasteiger partial charge in [0.05, 0.1) is 29.4 Å². The van der Waals surface area contributed by atoms with E-state index in [1.165, 1.54) is 32.4 Å². The zero-order valence-electron chi connectivity index (χ0n) is 29.1. The maximum atomic E-state index is 11.1. The monoisotopic (exact) mass is 722 g/mol. The second-order valence-corrected chi connectivity index (χ2v) is 12.5. The van der Waals surface area contributed by atoms with Gasteiger partial charge in [-0.3, -0.25) is 0 Å². The van der Waals surface area contributed by atoms with Crippen LogP contribution in [0, 0.1) is 27.7 Å². The van der Waals surface area contributed by atoms with Gasteiger partial charge in [-0.15, -0.1) is 24.4 Å². The van der Waals surface area contributed by atoms with Crippen LogP contribution in [0.5, 0.6) is 0 Å². The molecule has 0 aliphatic heterocycles. The number of esters is 1. The van der Waals surface area contributed by atoms with E-state index in [0.717, 1.165) is 21.8 Å². The number of rotatable bonds is 9. The Morgan fingerprint density at radius 2 is 1.06 bits per heavy atom. The average Bonchev–Trinajstić information content (AvgIpc) is 3.07. The van der Waals surface area contributed by atoms with Gasteiger partial charge >= 0.3 is 23.9 Å². The molecule has 0 aliphatic carbocycles. The molecule has 0 fully saturated rings. The Hall–Kier alpha value is -4.94. The second kappa shape index (κ2) is 21.9. The molecule has 10 nitrogen and oxygen atoms in total. The highest BCUT2D eigenvalue weighted by molar-refractivity contribution is 7.99. The maximum absolute atomic E-state index is 11.1. The number of aromatic carboxylic acids is 3. The topological polar surface area (TPSA) is 190 Å². The van der Waals surface area contributed by atoms with Crippen LogP contribution in [0.2, 0.25) is 0 Å². The van der Waals surface area contributed by atoms with Gasteiger partial charge in [-0.1, -0.05) is 44.0 Å². The van der Waals surface area contributed by atoms with Crippen LogP contribution in [0.4, 0.5) is 11.4 Å². The van der Waals surface area contributed by atoms with Gasteiger partial charge < -0.3 is 31.5 Å². The summed E-state index contributed by atoms with van der Waals surface area (Å²) in [7, 11) is 1.35. The third kappa shape index (κ3) is 13.5. The number of carbonyl (C=O) groups excluding carboxylic acids is 1. The first-order chi connectivity index (χ1) is 23.6. The Kier molecular flexibility index (Phi) is 18.9.